The monoisotopic (exact) mass is 231 g/mol. The summed E-state index contributed by atoms with van der Waals surface area (Å²) < 4.78 is 5.17. The van der Waals surface area contributed by atoms with Gasteiger partial charge in [0.2, 0.25) is 0 Å². The quantitative estimate of drug-likeness (QED) is 0.724. The molecule has 4 nitrogen and oxygen atoms in total. The van der Waals surface area contributed by atoms with Crippen molar-refractivity contribution in [3.63, 3.8) is 0 Å². The highest BCUT2D eigenvalue weighted by Crippen LogP contribution is 2.34. The number of hydrogen-bond acceptors (Lipinski definition) is 3. The average molecular weight is 231 g/mol. The second-order valence-electron chi connectivity index (χ2n) is 4.51. The van der Waals surface area contributed by atoms with Crippen LogP contribution >= 0.6 is 0 Å². The zero-order chi connectivity index (χ0) is 12.0. The maximum atomic E-state index is 12.1. The summed E-state index contributed by atoms with van der Waals surface area (Å²) in [5.41, 5.74) is 1.05. The third-order valence-electron chi connectivity index (χ3n) is 3.59. The summed E-state index contributed by atoms with van der Waals surface area (Å²) in [6, 6.07) is 7.00. The molecule has 0 spiro atoms. The van der Waals surface area contributed by atoms with E-state index in [4.69, 9.17) is 4.74 Å². The zero-order valence-corrected chi connectivity index (χ0v) is 9.55. The van der Waals surface area contributed by atoms with Gasteiger partial charge in [0, 0.05) is 13.2 Å². The van der Waals surface area contributed by atoms with E-state index in [1.807, 2.05) is 0 Å². The maximum Gasteiger partial charge on any atom is 0.261 e. The third kappa shape index (κ3) is 1.41. The second-order valence-corrected chi connectivity index (χ2v) is 4.51. The van der Waals surface area contributed by atoms with Crippen LogP contribution in [-0.2, 0) is 4.74 Å². The number of imide groups is 1. The lowest BCUT2D eigenvalue weighted by Crippen LogP contribution is -2.50. The molecule has 1 saturated carbocycles. The number of hydrogen-bond donors (Lipinski definition) is 0. The first-order valence-electron chi connectivity index (χ1n) is 5.72. The Balaban J connectivity index is 1.86. The van der Waals surface area contributed by atoms with Crippen molar-refractivity contribution in [3.05, 3.63) is 35.4 Å². The lowest BCUT2D eigenvalue weighted by Gasteiger charge is -2.38. The number of ether oxygens (including phenoxy) is 1. The van der Waals surface area contributed by atoms with E-state index in [9.17, 15) is 9.59 Å². The second kappa shape index (κ2) is 3.67. The van der Waals surface area contributed by atoms with Crippen molar-refractivity contribution >= 4 is 11.8 Å². The van der Waals surface area contributed by atoms with Gasteiger partial charge < -0.3 is 4.74 Å². The van der Waals surface area contributed by atoms with Crippen LogP contribution in [0.1, 0.15) is 33.6 Å². The van der Waals surface area contributed by atoms with Gasteiger partial charge in [-0.1, -0.05) is 12.1 Å². The number of benzene rings is 1. The Morgan fingerprint density at radius 3 is 2.12 bits per heavy atom. The summed E-state index contributed by atoms with van der Waals surface area (Å²) >= 11 is 0. The maximum absolute atomic E-state index is 12.1. The molecule has 3 rings (SSSR count). The minimum Gasteiger partial charge on any atom is -0.381 e. The highest BCUT2D eigenvalue weighted by molar-refractivity contribution is 6.21. The van der Waals surface area contributed by atoms with Gasteiger partial charge in [0.25, 0.3) is 11.8 Å². The topological polar surface area (TPSA) is 46.6 Å². The Kier molecular flexibility index (Phi) is 2.26. The van der Waals surface area contributed by atoms with Crippen LogP contribution in [0.5, 0.6) is 0 Å². The van der Waals surface area contributed by atoms with Gasteiger partial charge in [-0.05, 0) is 25.0 Å². The van der Waals surface area contributed by atoms with Gasteiger partial charge in [0.15, 0.2) is 0 Å². The molecular formula is C13H13NO3. The van der Waals surface area contributed by atoms with E-state index in [-0.39, 0.29) is 24.0 Å². The Hall–Kier alpha value is -1.68. The van der Waals surface area contributed by atoms with E-state index >= 15 is 0 Å². The SMILES string of the molecule is CO[C@H]1C[C@@H](N2C(=O)c3ccccc3C2=O)C1. The Labute approximate surface area is 99.2 Å². The van der Waals surface area contributed by atoms with E-state index in [2.05, 4.69) is 0 Å². The van der Waals surface area contributed by atoms with Gasteiger partial charge >= 0.3 is 0 Å². The number of rotatable bonds is 2. The van der Waals surface area contributed by atoms with Gasteiger partial charge in [-0.3, -0.25) is 14.5 Å². The predicted octanol–water partition coefficient (Wildman–Crippen LogP) is 1.46. The van der Waals surface area contributed by atoms with E-state index in [0.29, 0.717) is 11.1 Å². The fraction of sp³-hybridized carbons (Fsp3) is 0.385. The molecule has 0 N–H and O–H groups in total. The van der Waals surface area contributed by atoms with Gasteiger partial charge in [-0.15, -0.1) is 0 Å². The lowest BCUT2D eigenvalue weighted by molar-refractivity contribution is -0.0142. The van der Waals surface area contributed by atoms with Gasteiger partial charge in [-0.25, -0.2) is 0 Å². The Morgan fingerprint density at radius 1 is 1.12 bits per heavy atom. The third-order valence-corrected chi connectivity index (χ3v) is 3.59. The number of carbonyl (C=O) groups is 2. The van der Waals surface area contributed by atoms with E-state index < -0.39 is 0 Å². The van der Waals surface area contributed by atoms with Crippen LogP contribution in [-0.4, -0.2) is 36.0 Å². The fourth-order valence-electron chi connectivity index (χ4n) is 2.48. The molecule has 1 aliphatic heterocycles. The van der Waals surface area contributed by atoms with Crippen LogP contribution in [0.3, 0.4) is 0 Å². The summed E-state index contributed by atoms with van der Waals surface area (Å²) in [5.74, 6) is -0.324. The molecule has 2 amide bonds. The van der Waals surface area contributed by atoms with Crippen LogP contribution in [0, 0.1) is 0 Å². The molecule has 1 aliphatic carbocycles. The molecule has 4 heteroatoms. The molecule has 1 fully saturated rings. The largest absolute Gasteiger partial charge is 0.381 e. The van der Waals surface area contributed by atoms with E-state index in [0.717, 1.165) is 12.8 Å². The van der Waals surface area contributed by atoms with E-state index in [1.165, 1.54) is 4.90 Å². The van der Waals surface area contributed by atoms with E-state index in [1.54, 1.807) is 31.4 Å². The number of methoxy groups -OCH3 is 1. The molecule has 0 aromatic heterocycles. The first-order chi connectivity index (χ1) is 8.22. The van der Waals surface area contributed by atoms with Gasteiger partial charge in [0.1, 0.15) is 0 Å². The number of amides is 2. The van der Waals surface area contributed by atoms with Crippen LogP contribution in [0.2, 0.25) is 0 Å². The first-order valence-corrected chi connectivity index (χ1v) is 5.72. The van der Waals surface area contributed by atoms with Crippen LogP contribution in [0.4, 0.5) is 0 Å². The van der Waals surface area contributed by atoms with Crippen molar-refractivity contribution in [3.8, 4) is 0 Å². The smallest absolute Gasteiger partial charge is 0.261 e. The van der Waals surface area contributed by atoms with Crippen molar-refractivity contribution < 1.29 is 14.3 Å². The highest BCUT2D eigenvalue weighted by Gasteiger charge is 2.44. The number of fused-ring (bicyclic) bond motifs is 1. The molecular weight excluding hydrogens is 218 g/mol. The molecule has 88 valence electrons. The van der Waals surface area contributed by atoms with Crippen LogP contribution in [0.25, 0.3) is 0 Å². The van der Waals surface area contributed by atoms with Crippen LogP contribution in [0.15, 0.2) is 24.3 Å². The minimum absolute atomic E-state index is 0.00681. The van der Waals surface area contributed by atoms with Crippen molar-refractivity contribution in [2.24, 2.45) is 0 Å². The summed E-state index contributed by atoms with van der Waals surface area (Å²) in [7, 11) is 1.66. The zero-order valence-electron chi connectivity index (χ0n) is 9.55. The fourth-order valence-corrected chi connectivity index (χ4v) is 2.48. The van der Waals surface area contributed by atoms with Crippen molar-refractivity contribution in [2.45, 2.75) is 25.0 Å². The summed E-state index contributed by atoms with van der Waals surface area (Å²) in [4.78, 5) is 25.6. The standard InChI is InChI=1S/C13H13NO3/c1-17-9-6-8(7-9)14-12(15)10-4-2-3-5-11(10)13(14)16/h2-5,8-9H,6-7H2,1H3/t8-,9+. The molecule has 0 bridgehead atoms. The Bertz CT molecular complexity index is 456. The summed E-state index contributed by atoms with van der Waals surface area (Å²) in [5, 5.41) is 0. The molecule has 1 heterocycles. The summed E-state index contributed by atoms with van der Waals surface area (Å²) in [6.07, 6.45) is 1.69. The molecule has 0 unspecified atom stereocenters. The van der Waals surface area contributed by atoms with Crippen molar-refractivity contribution in [1.29, 1.82) is 0 Å². The first kappa shape index (κ1) is 10.5. The molecule has 0 radical (unpaired) electrons. The van der Waals surface area contributed by atoms with Crippen molar-refractivity contribution in [1.82, 2.24) is 4.90 Å². The predicted molar refractivity (Wildman–Crippen MR) is 60.8 cm³/mol. The van der Waals surface area contributed by atoms with Gasteiger partial charge in [-0.2, -0.15) is 0 Å². The molecule has 2 aliphatic rings. The average Bonchev–Trinajstić information content (AvgIpc) is 2.54. The molecule has 0 atom stereocenters. The molecule has 1 aromatic carbocycles. The lowest BCUT2D eigenvalue weighted by atomic mass is 9.88. The van der Waals surface area contributed by atoms with Gasteiger partial charge in [0.05, 0.1) is 17.2 Å². The molecule has 0 saturated heterocycles. The van der Waals surface area contributed by atoms with Crippen LogP contribution < -0.4 is 0 Å². The molecule has 1 aromatic rings. The highest BCUT2D eigenvalue weighted by atomic mass is 16.5. The molecule has 17 heavy (non-hydrogen) atoms. The minimum atomic E-state index is -0.162. The summed E-state index contributed by atoms with van der Waals surface area (Å²) in [6.45, 7) is 0. The number of nitrogens with zero attached hydrogens (tertiary/aromatic N) is 1. The number of carbonyl (C=O) groups excluding carboxylic acids is 2. The Morgan fingerprint density at radius 2 is 1.65 bits per heavy atom. The van der Waals surface area contributed by atoms with Crippen molar-refractivity contribution in [2.75, 3.05) is 7.11 Å². The normalized spacial score (nSPS) is 27.0.